The Kier molecular flexibility index (Phi) is 1.89. The van der Waals surface area contributed by atoms with Gasteiger partial charge < -0.3 is 5.32 Å². The molecule has 15 heavy (non-hydrogen) atoms. The van der Waals surface area contributed by atoms with Gasteiger partial charge in [0.25, 0.3) is 0 Å². The van der Waals surface area contributed by atoms with Gasteiger partial charge in [-0.05, 0) is 43.9 Å². The molecule has 3 fully saturated rings. The SMILES string of the molecule is O=C(c1cccnc1)C12CC(CCN1)C2. The molecule has 0 unspecified atom stereocenters. The van der Waals surface area contributed by atoms with Crippen molar-refractivity contribution >= 4 is 5.78 Å². The number of piperidine rings is 2. The zero-order valence-electron chi connectivity index (χ0n) is 8.57. The molecule has 2 bridgehead atoms. The van der Waals surface area contributed by atoms with Crippen LogP contribution in [0.3, 0.4) is 0 Å². The van der Waals surface area contributed by atoms with Crippen molar-refractivity contribution in [3.05, 3.63) is 30.1 Å². The van der Waals surface area contributed by atoms with Gasteiger partial charge in [-0.25, -0.2) is 0 Å². The van der Waals surface area contributed by atoms with E-state index in [-0.39, 0.29) is 11.3 Å². The highest BCUT2D eigenvalue weighted by Gasteiger charge is 2.52. The van der Waals surface area contributed by atoms with E-state index in [1.54, 1.807) is 12.4 Å². The van der Waals surface area contributed by atoms with Crippen molar-refractivity contribution in [2.45, 2.75) is 24.8 Å². The first-order chi connectivity index (χ1) is 7.30. The largest absolute Gasteiger partial charge is 0.305 e. The van der Waals surface area contributed by atoms with Crippen molar-refractivity contribution in [2.75, 3.05) is 6.54 Å². The van der Waals surface area contributed by atoms with E-state index in [0.29, 0.717) is 0 Å². The number of Topliss-reactive ketones (excluding diaryl/α,β-unsaturated/α-hetero) is 1. The number of nitrogens with zero attached hydrogens (tertiary/aromatic N) is 1. The third kappa shape index (κ3) is 1.30. The third-order valence-electron chi connectivity index (χ3n) is 3.65. The quantitative estimate of drug-likeness (QED) is 0.737. The number of carbonyl (C=O) groups excluding carboxylic acids is 1. The second-order valence-corrected chi connectivity index (χ2v) is 4.64. The van der Waals surface area contributed by atoms with E-state index in [4.69, 9.17) is 0 Å². The summed E-state index contributed by atoms with van der Waals surface area (Å²) < 4.78 is 0. The number of aromatic nitrogens is 1. The topological polar surface area (TPSA) is 42.0 Å². The van der Waals surface area contributed by atoms with Gasteiger partial charge in [-0.15, -0.1) is 0 Å². The number of carbonyl (C=O) groups is 1. The molecule has 0 atom stereocenters. The first-order valence-corrected chi connectivity index (χ1v) is 5.50. The minimum absolute atomic E-state index is 0.228. The number of pyridine rings is 1. The van der Waals surface area contributed by atoms with Crippen LogP contribution < -0.4 is 5.32 Å². The Morgan fingerprint density at radius 2 is 2.40 bits per heavy atom. The van der Waals surface area contributed by atoms with E-state index in [2.05, 4.69) is 10.3 Å². The lowest BCUT2D eigenvalue weighted by Crippen LogP contribution is -2.65. The van der Waals surface area contributed by atoms with Gasteiger partial charge in [-0.2, -0.15) is 0 Å². The van der Waals surface area contributed by atoms with E-state index in [1.807, 2.05) is 12.1 Å². The number of fused-ring (bicyclic) bond motifs is 2. The molecule has 0 amide bonds. The summed E-state index contributed by atoms with van der Waals surface area (Å²) in [4.78, 5) is 16.3. The van der Waals surface area contributed by atoms with E-state index < -0.39 is 0 Å². The number of rotatable bonds is 2. The van der Waals surface area contributed by atoms with Crippen LogP contribution in [0.4, 0.5) is 0 Å². The number of ketones is 1. The van der Waals surface area contributed by atoms with Gasteiger partial charge in [-0.3, -0.25) is 9.78 Å². The van der Waals surface area contributed by atoms with Crippen LogP contribution in [0.2, 0.25) is 0 Å². The number of hydrogen-bond acceptors (Lipinski definition) is 3. The van der Waals surface area contributed by atoms with E-state index >= 15 is 0 Å². The monoisotopic (exact) mass is 202 g/mol. The van der Waals surface area contributed by atoms with Crippen molar-refractivity contribution in [3.8, 4) is 0 Å². The summed E-state index contributed by atoms with van der Waals surface area (Å²) in [7, 11) is 0. The van der Waals surface area contributed by atoms with Crippen LogP contribution in [0.25, 0.3) is 0 Å². The molecular formula is C12H14N2O. The summed E-state index contributed by atoms with van der Waals surface area (Å²) in [5.74, 6) is 0.999. The fraction of sp³-hybridized carbons (Fsp3) is 0.500. The molecular weight excluding hydrogens is 188 g/mol. The summed E-state index contributed by atoms with van der Waals surface area (Å²) in [6.07, 6.45) is 6.62. The van der Waals surface area contributed by atoms with Crippen LogP contribution in [0.15, 0.2) is 24.5 Å². The van der Waals surface area contributed by atoms with Crippen LogP contribution in [-0.4, -0.2) is 22.9 Å². The standard InChI is InChI=1S/C12H14N2O/c15-11(10-2-1-4-13-8-10)12-6-9(7-12)3-5-14-12/h1-2,4,8-9,14H,3,5-7H2. The highest BCUT2D eigenvalue weighted by atomic mass is 16.1. The van der Waals surface area contributed by atoms with Crippen molar-refractivity contribution in [3.63, 3.8) is 0 Å². The van der Waals surface area contributed by atoms with Crippen LogP contribution in [0.1, 0.15) is 29.6 Å². The van der Waals surface area contributed by atoms with Gasteiger partial charge in [0.15, 0.2) is 5.78 Å². The van der Waals surface area contributed by atoms with Gasteiger partial charge in [-0.1, -0.05) is 0 Å². The van der Waals surface area contributed by atoms with E-state index in [0.717, 1.165) is 30.9 Å². The molecule has 3 nitrogen and oxygen atoms in total. The van der Waals surface area contributed by atoms with Gasteiger partial charge >= 0.3 is 0 Å². The van der Waals surface area contributed by atoms with Crippen LogP contribution in [0, 0.1) is 5.92 Å². The van der Waals surface area contributed by atoms with Crippen molar-refractivity contribution < 1.29 is 4.79 Å². The molecule has 1 aromatic rings. The van der Waals surface area contributed by atoms with Gasteiger partial charge in [0, 0.05) is 18.0 Å². The zero-order chi connectivity index (χ0) is 10.3. The molecule has 1 saturated carbocycles. The van der Waals surface area contributed by atoms with Crippen molar-refractivity contribution in [1.82, 2.24) is 10.3 Å². The Balaban J connectivity index is 1.86. The molecule has 2 aliphatic heterocycles. The maximum absolute atomic E-state index is 12.3. The summed E-state index contributed by atoms with van der Waals surface area (Å²) in [5.41, 5.74) is 0.497. The second kappa shape index (κ2) is 3.14. The molecule has 2 saturated heterocycles. The smallest absolute Gasteiger partial charge is 0.184 e. The van der Waals surface area contributed by atoms with E-state index in [1.165, 1.54) is 6.42 Å². The van der Waals surface area contributed by atoms with Gasteiger partial charge in [0.1, 0.15) is 0 Å². The average molecular weight is 202 g/mol. The highest BCUT2D eigenvalue weighted by Crippen LogP contribution is 2.44. The summed E-state index contributed by atoms with van der Waals surface area (Å²) in [5, 5.41) is 3.38. The molecule has 1 N–H and O–H groups in total. The van der Waals surface area contributed by atoms with Crippen molar-refractivity contribution in [1.29, 1.82) is 0 Å². The Morgan fingerprint density at radius 1 is 1.53 bits per heavy atom. The minimum atomic E-state index is -0.244. The molecule has 4 rings (SSSR count). The molecule has 3 heteroatoms. The molecule has 0 radical (unpaired) electrons. The summed E-state index contributed by atoms with van der Waals surface area (Å²) >= 11 is 0. The summed E-state index contributed by atoms with van der Waals surface area (Å²) in [6.45, 7) is 0.983. The van der Waals surface area contributed by atoms with Gasteiger partial charge in [0.05, 0.1) is 5.54 Å². The maximum Gasteiger partial charge on any atom is 0.184 e. The Bertz CT molecular complexity index is 376. The zero-order valence-corrected chi connectivity index (χ0v) is 8.57. The predicted molar refractivity (Wildman–Crippen MR) is 56.6 cm³/mol. The van der Waals surface area contributed by atoms with Crippen molar-refractivity contribution in [2.24, 2.45) is 5.92 Å². The normalized spacial score (nSPS) is 33.2. The fourth-order valence-corrected chi connectivity index (χ4v) is 2.83. The average Bonchev–Trinajstić information content (AvgIpc) is 2.29. The number of nitrogens with one attached hydrogen (secondary N) is 1. The van der Waals surface area contributed by atoms with Crippen LogP contribution >= 0.6 is 0 Å². The van der Waals surface area contributed by atoms with Crippen LogP contribution in [0.5, 0.6) is 0 Å². The third-order valence-corrected chi connectivity index (χ3v) is 3.65. The lowest BCUT2D eigenvalue weighted by atomic mass is 9.61. The lowest BCUT2D eigenvalue weighted by molar-refractivity contribution is 0.0391. The molecule has 3 heterocycles. The highest BCUT2D eigenvalue weighted by molar-refractivity contribution is 6.03. The Hall–Kier alpha value is -1.22. The first kappa shape index (κ1) is 9.04. The Morgan fingerprint density at radius 3 is 3.00 bits per heavy atom. The Labute approximate surface area is 88.9 Å². The minimum Gasteiger partial charge on any atom is -0.305 e. The molecule has 1 aromatic heterocycles. The number of hydrogen-bond donors (Lipinski definition) is 1. The molecule has 1 aliphatic carbocycles. The maximum atomic E-state index is 12.3. The van der Waals surface area contributed by atoms with Gasteiger partial charge in [0.2, 0.25) is 0 Å². The summed E-state index contributed by atoms with van der Waals surface area (Å²) in [6, 6.07) is 3.68. The lowest BCUT2D eigenvalue weighted by Gasteiger charge is -2.51. The molecule has 0 aromatic carbocycles. The second-order valence-electron chi connectivity index (χ2n) is 4.64. The van der Waals surface area contributed by atoms with Crippen LogP contribution in [-0.2, 0) is 0 Å². The fourth-order valence-electron chi connectivity index (χ4n) is 2.83. The molecule has 78 valence electrons. The first-order valence-electron chi connectivity index (χ1n) is 5.50. The molecule has 3 aliphatic rings. The van der Waals surface area contributed by atoms with E-state index in [9.17, 15) is 4.79 Å². The predicted octanol–water partition coefficient (Wildman–Crippen LogP) is 1.41. The molecule has 0 spiro atoms.